The van der Waals surface area contributed by atoms with E-state index < -0.39 is 0 Å². The third kappa shape index (κ3) is 2.19. The molecule has 1 unspecified atom stereocenters. The number of nitrogens with one attached hydrogen (secondary N) is 3. The van der Waals surface area contributed by atoms with Crippen molar-refractivity contribution < 1.29 is 9.53 Å². The van der Waals surface area contributed by atoms with Crippen LogP contribution < -0.4 is 15.4 Å². The molecule has 1 aromatic carbocycles. The van der Waals surface area contributed by atoms with E-state index in [2.05, 4.69) is 36.8 Å². The summed E-state index contributed by atoms with van der Waals surface area (Å²) in [4.78, 5) is 11.8. The van der Waals surface area contributed by atoms with Gasteiger partial charge in [0.25, 0.3) is 0 Å². The molecule has 0 spiro atoms. The quantitative estimate of drug-likeness (QED) is 0.804. The van der Waals surface area contributed by atoms with Gasteiger partial charge >= 0.3 is 0 Å². The summed E-state index contributed by atoms with van der Waals surface area (Å²) < 4.78 is 6.47. The maximum atomic E-state index is 11.8. The minimum absolute atomic E-state index is 0.0674. The lowest BCUT2D eigenvalue weighted by atomic mass is 10.1. The Balaban J connectivity index is 1.95. The van der Waals surface area contributed by atoms with Crippen LogP contribution in [0.2, 0.25) is 0 Å². The minimum Gasteiger partial charge on any atom is -0.436 e. The lowest BCUT2D eigenvalue weighted by Crippen LogP contribution is -2.23. The smallest absolute Gasteiger partial charge is 0.246 e. The molecule has 0 saturated heterocycles. The molecule has 1 aliphatic rings. The Morgan fingerprint density at radius 3 is 2.85 bits per heavy atom. The third-order valence-electron chi connectivity index (χ3n) is 3.12. The molecule has 1 aliphatic heterocycles. The summed E-state index contributed by atoms with van der Waals surface area (Å²) in [6.45, 7) is 1.90. The number of likely N-dealkylation sites (N-methyl/N-ethyl adjacent to an activating group) is 1. The highest BCUT2D eigenvalue weighted by molar-refractivity contribution is 9.10. The van der Waals surface area contributed by atoms with Crippen LogP contribution >= 0.6 is 15.9 Å². The maximum Gasteiger partial charge on any atom is 0.246 e. The number of nitrogens with zero attached hydrogens (tertiary/aromatic N) is 1. The van der Waals surface area contributed by atoms with Gasteiger partial charge in [-0.1, -0.05) is 0 Å². The SMILES string of the molecule is CNC1C(=O)Nc2cc(Oc3cc(C)[nH]n3)c(Br)cc21. The number of rotatable bonds is 3. The van der Waals surface area contributed by atoms with Gasteiger partial charge in [0.05, 0.1) is 4.47 Å². The third-order valence-corrected chi connectivity index (χ3v) is 3.74. The molecule has 2 aromatic rings. The maximum absolute atomic E-state index is 11.8. The Labute approximate surface area is 124 Å². The first kappa shape index (κ1) is 13.1. The summed E-state index contributed by atoms with van der Waals surface area (Å²) in [6, 6.07) is 5.14. The topological polar surface area (TPSA) is 79.0 Å². The number of aryl methyl sites for hydroxylation is 1. The van der Waals surface area contributed by atoms with E-state index in [-0.39, 0.29) is 11.9 Å². The molecule has 20 heavy (non-hydrogen) atoms. The van der Waals surface area contributed by atoms with Crippen LogP contribution in [0.3, 0.4) is 0 Å². The van der Waals surface area contributed by atoms with E-state index in [1.54, 1.807) is 19.2 Å². The first-order valence-electron chi connectivity index (χ1n) is 6.10. The number of hydrogen-bond acceptors (Lipinski definition) is 4. The Bertz CT molecular complexity index is 683. The molecule has 6 nitrogen and oxygen atoms in total. The highest BCUT2D eigenvalue weighted by atomic mass is 79.9. The number of carbonyl (C=O) groups is 1. The van der Waals surface area contributed by atoms with E-state index in [4.69, 9.17) is 4.74 Å². The van der Waals surface area contributed by atoms with Gasteiger partial charge in [-0.2, -0.15) is 0 Å². The predicted octanol–water partition coefficient (Wildman–Crippen LogP) is 2.49. The van der Waals surface area contributed by atoms with Gasteiger partial charge in [0.2, 0.25) is 11.8 Å². The van der Waals surface area contributed by atoms with Gasteiger partial charge < -0.3 is 15.4 Å². The number of benzene rings is 1. The Kier molecular flexibility index (Phi) is 3.23. The summed E-state index contributed by atoms with van der Waals surface area (Å²) in [5, 5.41) is 12.6. The van der Waals surface area contributed by atoms with Crippen LogP contribution in [-0.2, 0) is 4.79 Å². The van der Waals surface area contributed by atoms with Crippen molar-refractivity contribution in [2.75, 3.05) is 12.4 Å². The Morgan fingerprint density at radius 2 is 2.20 bits per heavy atom. The van der Waals surface area contributed by atoms with Gasteiger partial charge in [-0.15, -0.1) is 5.10 Å². The summed E-state index contributed by atoms with van der Waals surface area (Å²) in [5.74, 6) is 1.02. The van der Waals surface area contributed by atoms with Crippen molar-refractivity contribution in [3.05, 3.63) is 33.9 Å². The Morgan fingerprint density at radius 1 is 1.40 bits per heavy atom. The van der Waals surface area contributed by atoms with Gasteiger partial charge in [-0.25, -0.2) is 0 Å². The van der Waals surface area contributed by atoms with Gasteiger partial charge in [0.1, 0.15) is 11.8 Å². The molecule has 1 atom stereocenters. The van der Waals surface area contributed by atoms with Gasteiger partial charge in [-0.3, -0.25) is 9.89 Å². The highest BCUT2D eigenvalue weighted by Crippen LogP contribution is 2.39. The fourth-order valence-corrected chi connectivity index (χ4v) is 2.63. The van der Waals surface area contributed by atoms with Crippen LogP contribution in [0.1, 0.15) is 17.3 Å². The lowest BCUT2D eigenvalue weighted by Gasteiger charge is -2.10. The zero-order valence-corrected chi connectivity index (χ0v) is 12.5. The average Bonchev–Trinajstić information content (AvgIpc) is 2.93. The van der Waals surface area contributed by atoms with Gasteiger partial charge in [-0.05, 0) is 36.0 Å². The van der Waals surface area contributed by atoms with Crippen LogP contribution in [0.15, 0.2) is 22.7 Å². The van der Waals surface area contributed by atoms with Gasteiger partial charge in [0.15, 0.2) is 0 Å². The van der Waals surface area contributed by atoms with E-state index in [9.17, 15) is 4.79 Å². The fourth-order valence-electron chi connectivity index (χ4n) is 2.18. The van der Waals surface area contributed by atoms with Crippen molar-refractivity contribution >= 4 is 27.5 Å². The number of amides is 1. The van der Waals surface area contributed by atoms with Crippen LogP contribution in [0.25, 0.3) is 0 Å². The number of ether oxygens (including phenoxy) is 1. The summed E-state index contributed by atoms with van der Waals surface area (Å²) in [7, 11) is 1.75. The zero-order chi connectivity index (χ0) is 14.3. The van der Waals surface area contributed by atoms with E-state index in [1.807, 2.05) is 13.0 Å². The number of aromatic nitrogens is 2. The number of carbonyl (C=O) groups excluding carboxylic acids is 1. The molecule has 0 fully saturated rings. The molecule has 3 N–H and O–H groups in total. The van der Waals surface area contributed by atoms with E-state index in [0.717, 1.165) is 21.4 Å². The molecule has 2 heterocycles. The number of halogens is 1. The largest absolute Gasteiger partial charge is 0.436 e. The lowest BCUT2D eigenvalue weighted by molar-refractivity contribution is -0.117. The number of aromatic amines is 1. The molecule has 0 bridgehead atoms. The monoisotopic (exact) mass is 336 g/mol. The summed E-state index contributed by atoms with van der Waals surface area (Å²) in [5.41, 5.74) is 2.57. The highest BCUT2D eigenvalue weighted by Gasteiger charge is 2.30. The van der Waals surface area contributed by atoms with Crippen molar-refractivity contribution in [2.45, 2.75) is 13.0 Å². The van der Waals surface area contributed by atoms with Gasteiger partial charge in [0, 0.05) is 29.1 Å². The van der Waals surface area contributed by atoms with Crippen molar-refractivity contribution in [3.8, 4) is 11.6 Å². The van der Waals surface area contributed by atoms with Crippen molar-refractivity contribution in [3.63, 3.8) is 0 Å². The standard InChI is InChI=1S/C13H13BrN4O2/c1-6-3-11(18-17-6)20-10-5-9-7(4-8(10)14)12(15-2)13(19)16-9/h3-5,12,15H,1-2H3,(H,16,19)(H,17,18). The average molecular weight is 337 g/mol. The first-order chi connectivity index (χ1) is 9.58. The van der Waals surface area contributed by atoms with Crippen LogP contribution in [0.5, 0.6) is 11.6 Å². The molecule has 0 aliphatic carbocycles. The predicted molar refractivity (Wildman–Crippen MR) is 78.0 cm³/mol. The number of hydrogen-bond donors (Lipinski definition) is 3. The fraction of sp³-hybridized carbons (Fsp3) is 0.231. The Hall–Kier alpha value is -1.86. The minimum atomic E-state index is -0.331. The number of fused-ring (bicyclic) bond motifs is 1. The van der Waals surface area contributed by atoms with E-state index in [1.165, 1.54) is 0 Å². The molecule has 3 rings (SSSR count). The molecule has 1 aromatic heterocycles. The molecule has 7 heteroatoms. The van der Waals surface area contributed by atoms with Crippen molar-refractivity contribution in [1.82, 2.24) is 15.5 Å². The molecular weight excluding hydrogens is 324 g/mol. The van der Waals surface area contributed by atoms with E-state index in [0.29, 0.717) is 11.6 Å². The number of anilines is 1. The second-order valence-corrected chi connectivity index (χ2v) is 5.43. The van der Waals surface area contributed by atoms with Crippen LogP contribution in [0.4, 0.5) is 5.69 Å². The summed E-state index contributed by atoms with van der Waals surface area (Å²) in [6.07, 6.45) is 0. The van der Waals surface area contributed by atoms with Crippen LogP contribution in [0, 0.1) is 6.92 Å². The normalized spacial score (nSPS) is 16.9. The first-order valence-corrected chi connectivity index (χ1v) is 6.89. The second kappa shape index (κ2) is 4.92. The van der Waals surface area contributed by atoms with Crippen LogP contribution in [-0.4, -0.2) is 23.2 Å². The zero-order valence-electron chi connectivity index (χ0n) is 11.0. The molecular formula is C13H13BrN4O2. The second-order valence-electron chi connectivity index (χ2n) is 4.57. The number of H-pyrrole nitrogens is 1. The van der Waals surface area contributed by atoms with Crippen molar-refractivity contribution in [2.24, 2.45) is 0 Å². The molecule has 0 saturated carbocycles. The van der Waals surface area contributed by atoms with E-state index >= 15 is 0 Å². The van der Waals surface area contributed by atoms with Crippen molar-refractivity contribution in [1.29, 1.82) is 0 Å². The summed E-state index contributed by atoms with van der Waals surface area (Å²) >= 11 is 3.46. The molecule has 1 amide bonds. The molecule has 0 radical (unpaired) electrons. The molecule has 104 valence electrons.